The number of ether oxygens (including phenoxy) is 1. The molecule has 0 aromatic heterocycles. The van der Waals surface area contributed by atoms with Crippen molar-refractivity contribution < 1.29 is 9.53 Å². The maximum Gasteiger partial charge on any atom is 0.271 e. The Morgan fingerprint density at radius 3 is 2.45 bits per heavy atom. The van der Waals surface area contributed by atoms with E-state index in [-0.39, 0.29) is 5.91 Å². The summed E-state index contributed by atoms with van der Waals surface area (Å²) in [5, 5.41) is 4.53. The second kappa shape index (κ2) is 5.41. The summed E-state index contributed by atoms with van der Waals surface area (Å²) >= 11 is 0. The van der Waals surface area contributed by atoms with Crippen LogP contribution in [0.25, 0.3) is 0 Å². The van der Waals surface area contributed by atoms with Crippen molar-refractivity contribution in [2.75, 3.05) is 7.11 Å². The molecular weight excluding hydrogens is 276 g/mol. The summed E-state index contributed by atoms with van der Waals surface area (Å²) in [5.41, 5.74) is 4.62. The Labute approximate surface area is 130 Å². The first-order chi connectivity index (χ1) is 10.7. The fourth-order valence-electron chi connectivity index (χ4n) is 4.79. The highest BCUT2D eigenvalue weighted by molar-refractivity contribution is 5.97. The molecule has 5 rings (SSSR count). The van der Waals surface area contributed by atoms with Gasteiger partial charge in [0.1, 0.15) is 5.75 Å². The van der Waals surface area contributed by atoms with Gasteiger partial charge in [0.05, 0.1) is 7.11 Å². The fourth-order valence-corrected chi connectivity index (χ4v) is 4.79. The summed E-state index contributed by atoms with van der Waals surface area (Å²) in [4.78, 5) is 12.3. The van der Waals surface area contributed by atoms with Crippen LogP contribution in [0, 0.1) is 23.7 Å². The van der Waals surface area contributed by atoms with Crippen molar-refractivity contribution in [3.8, 4) is 5.75 Å². The molecule has 116 valence electrons. The van der Waals surface area contributed by atoms with Crippen LogP contribution in [-0.4, -0.2) is 18.7 Å². The highest BCUT2D eigenvalue weighted by Crippen LogP contribution is 2.52. The number of nitrogens with zero attached hydrogens (tertiary/aromatic N) is 1. The van der Waals surface area contributed by atoms with Gasteiger partial charge in [0.2, 0.25) is 0 Å². The Morgan fingerprint density at radius 2 is 1.82 bits per heavy atom. The minimum absolute atomic E-state index is 0.153. The lowest BCUT2D eigenvalue weighted by Gasteiger charge is -2.50. The number of hydrogen-bond donors (Lipinski definition) is 1. The Hall–Kier alpha value is -1.84. The Balaban J connectivity index is 1.48. The molecule has 4 heteroatoms. The predicted molar refractivity (Wildman–Crippen MR) is 84.9 cm³/mol. The van der Waals surface area contributed by atoms with Crippen LogP contribution in [0.3, 0.4) is 0 Å². The zero-order valence-corrected chi connectivity index (χ0v) is 12.9. The summed E-state index contributed by atoms with van der Waals surface area (Å²) in [6, 6.07) is 7.19. The number of hydrogen-bond acceptors (Lipinski definition) is 3. The fraction of sp³-hybridized carbons (Fsp3) is 0.556. The van der Waals surface area contributed by atoms with Crippen molar-refractivity contribution in [1.82, 2.24) is 5.43 Å². The van der Waals surface area contributed by atoms with Crippen LogP contribution >= 0.6 is 0 Å². The van der Waals surface area contributed by atoms with E-state index in [0.29, 0.717) is 23.1 Å². The average Bonchev–Trinajstić information content (AvgIpc) is 2.53. The summed E-state index contributed by atoms with van der Waals surface area (Å²) in [5.74, 6) is 3.59. The Kier molecular flexibility index (Phi) is 3.40. The number of nitrogens with one attached hydrogen (secondary N) is 1. The molecule has 1 aromatic rings. The normalized spacial score (nSPS) is 32.0. The van der Waals surface area contributed by atoms with Gasteiger partial charge in [0, 0.05) is 11.3 Å². The molecule has 1 aromatic carbocycles. The molecule has 0 saturated heterocycles. The van der Waals surface area contributed by atoms with Gasteiger partial charge in [0.15, 0.2) is 0 Å². The van der Waals surface area contributed by atoms with Gasteiger partial charge in [-0.1, -0.05) is 6.07 Å². The minimum atomic E-state index is -0.153. The van der Waals surface area contributed by atoms with Crippen molar-refractivity contribution in [2.24, 2.45) is 28.8 Å². The Morgan fingerprint density at radius 1 is 1.14 bits per heavy atom. The molecule has 4 aliphatic rings. The second-order valence-corrected chi connectivity index (χ2v) is 7.01. The summed E-state index contributed by atoms with van der Waals surface area (Å²) in [7, 11) is 1.60. The van der Waals surface area contributed by atoms with Gasteiger partial charge in [-0.2, -0.15) is 5.10 Å². The number of hydrazone groups is 1. The van der Waals surface area contributed by atoms with E-state index in [2.05, 4.69) is 10.5 Å². The maximum atomic E-state index is 12.3. The molecule has 4 aliphatic carbocycles. The standard InChI is InChI=1S/C18H22N2O2/c1-22-16-4-2-3-13(10-16)18(21)20-19-17-14-6-11-5-12(8-14)9-15(17)7-11/h2-4,10-12,14-15H,5-9H2,1H3,(H,20,21). The quantitative estimate of drug-likeness (QED) is 0.871. The number of carbonyl (C=O) groups is 1. The van der Waals surface area contributed by atoms with E-state index in [4.69, 9.17) is 4.74 Å². The van der Waals surface area contributed by atoms with Gasteiger partial charge in [-0.25, -0.2) is 5.43 Å². The monoisotopic (exact) mass is 298 g/mol. The van der Waals surface area contributed by atoms with Crippen LogP contribution in [0.4, 0.5) is 0 Å². The zero-order chi connectivity index (χ0) is 15.1. The van der Waals surface area contributed by atoms with Gasteiger partial charge >= 0.3 is 0 Å². The summed E-state index contributed by atoms with van der Waals surface area (Å²) in [6.07, 6.45) is 6.54. The highest BCUT2D eigenvalue weighted by Gasteiger charge is 2.46. The minimum Gasteiger partial charge on any atom is -0.497 e. The first-order valence-electron chi connectivity index (χ1n) is 8.24. The van der Waals surface area contributed by atoms with Gasteiger partial charge in [-0.05, 0) is 74.0 Å². The number of carbonyl (C=O) groups excluding carboxylic acids is 1. The first kappa shape index (κ1) is 13.8. The van der Waals surface area contributed by atoms with Crippen molar-refractivity contribution >= 4 is 11.6 Å². The van der Waals surface area contributed by atoms with Crippen LogP contribution in [-0.2, 0) is 0 Å². The third kappa shape index (κ3) is 2.40. The topological polar surface area (TPSA) is 50.7 Å². The number of benzene rings is 1. The largest absolute Gasteiger partial charge is 0.497 e. The number of rotatable bonds is 3. The Bertz CT molecular complexity index is 593. The van der Waals surface area contributed by atoms with E-state index in [0.717, 1.165) is 11.8 Å². The van der Waals surface area contributed by atoms with Gasteiger partial charge in [-0.15, -0.1) is 0 Å². The van der Waals surface area contributed by atoms with E-state index >= 15 is 0 Å². The molecule has 4 saturated carbocycles. The van der Waals surface area contributed by atoms with E-state index in [1.165, 1.54) is 37.8 Å². The van der Waals surface area contributed by atoms with Crippen LogP contribution in [0.15, 0.2) is 29.4 Å². The zero-order valence-electron chi connectivity index (χ0n) is 12.9. The van der Waals surface area contributed by atoms with E-state index in [9.17, 15) is 4.79 Å². The predicted octanol–water partition coefficient (Wildman–Crippen LogP) is 3.24. The third-order valence-corrected chi connectivity index (χ3v) is 5.59. The molecule has 0 heterocycles. The van der Waals surface area contributed by atoms with Crippen LogP contribution in [0.1, 0.15) is 42.5 Å². The molecule has 0 aliphatic heterocycles. The molecule has 0 unspecified atom stereocenters. The maximum absolute atomic E-state index is 12.3. The molecule has 22 heavy (non-hydrogen) atoms. The van der Waals surface area contributed by atoms with Gasteiger partial charge in [0.25, 0.3) is 5.91 Å². The molecule has 4 fully saturated rings. The first-order valence-corrected chi connectivity index (χ1v) is 8.24. The van der Waals surface area contributed by atoms with Gasteiger partial charge < -0.3 is 4.74 Å². The number of methoxy groups -OCH3 is 1. The third-order valence-electron chi connectivity index (χ3n) is 5.59. The summed E-state index contributed by atoms with van der Waals surface area (Å²) in [6.45, 7) is 0. The molecule has 1 N–H and O–H groups in total. The lowest BCUT2D eigenvalue weighted by atomic mass is 9.55. The van der Waals surface area contributed by atoms with E-state index in [1.807, 2.05) is 12.1 Å². The van der Waals surface area contributed by atoms with Crippen molar-refractivity contribution in [1.29, 1.82) is 0 Å². The molecule has 1 amide bonds. The van der Waals surface area contributed by atoms with Crippen LogP contribution in [0.5, 0.6) is 5.75 Å². The lowest BCUT2D eigenvalue weighted by Crippen LogP contribution is -2.46. The molecular formula is C18H22N2O2. The van der Waals surface area contributed by atoms with Crippen molar-refractivity contribution in [2.45, 2.75) is 32.1 Å². The number of amides is 1. The molecule has 4 bridgehead atoms. The SMILES string of the molecule is COc1cccc(C(=O)NN=C2C3CC4CC(C3)CC2C4)c1. The van der Waals surface area contributed by atoms with Gasteiger partial charge in [-0.3, -0.25) is 4.79 Å². The van der Waals surface area contributed by atoms with Crippen molar-refractivity contribution in [3.63, 3.8) is 0 Å². The highest BCUT2D eigenvalue weighted by atomic mass is 16.5. The van der Waals surface area contributed by atoms with E-state index in [1.54, 1.807) is 19.2 Å². The lowest BCUT2D eigenvalue weighted by molar-refractivity contribution is 0.0942. The van der Waals surface area contributed by atoms with Crippen LogP contribution < -0.4 is 10.2 Å². The van der Waals surface area contributed by atoms with E-state index < -0.39 is 0 Å². The molecule has 4 nitrogen and oxygen atoms in total. The molecule has 0 spiro atoms. The van der Waals surface area contributed by atoms with Crippen molar-refractivity contribution in [3.05, 3.63) is 29.8 Å². The molecule has 0 radical (unpaired) electrons. The molecule has 0 atom stereocenters. The van der Waals surface area contributed by atoms with Crippen LogP contribution in [0.2, 0.25) is 0 Å². The second-order valence-electron chi connectivity index (χ2n) is 7.01. The average molecular weight is 298 g/mol. The smallest absolute Gasteiger partial charge is 0.271 e. The summed E-state index contributed by atoms with van der Waals surface area (Å²) < 4.78 is 5.16.